The van der Waals surface area contributed by atoms with E-state index < -0.39 is 23.4 Å². The van der Waals surface area contributed by atoms with E-state index in [-0.39, 0.29) is 12.1 Å². The molecule has 0 saturated heterocycles. The molecule has 0 radical (unpaired) electrons. The number of carbonyl (C=O) groups excluding carboxylic acids is 1. The lowest BCUT2D eigenvalue weighted by Crippen LogP contribution is -2.11. The van der Waals surface area contributed by atoms with Crippen molar-refractivity contribution in [3.63, 3.8) is 0 Å². The van der Waals surface area contributed by atoms with Crippen LogP contribution >= 0.6 is 0 Å². The number of amides is 1. The van der Waals surface area contributed by atoms with E-state index in [1.54, 1.807) is 22.8 Å². The van der Waals surface area contributed by atoms with Crippen LogP contribution in [0.1, 0.15) is 47.7 Å². The number of hydrogen-bond acceptors (Lipinski definition) is 1. The van der Waals surface area contributed by atoms with Crippen LogP contribution in [0.3, 0.4) is 0 Å². The minimum absolute atomic E-state index is 0.140. The minimum atomic E-state index is -0.963. The molecule has 3 nitrogen and oxygen atoms in total. The van der Waals surface area contributed by atoms with Gasteiger partial charge in [-0.05, 0) is 36.6 Å². The number of nitrogens with zero attached hydrogens (tertiary/aromatic N) is 1. The first kappa shape index (κ1) is 21.0. The SMILES string of the molecule is CCCCCc1ccc2c3c(C(N)=O)cccc3n(Cc3c(F)cc(F)cc3F)c2c1. The Bertz CT molecular complexity index is 1270. The normalized spacial score (nSPS) is 11.5. The molecular formula is C25H23F3N2O. The predicted molar refractivity (Wildman–Crippen MR) is 117 cm³/mol. The molecule has 160 valence electrons. The van der Waals surface area contributed by atoms with Gasteiger partial charge in [-0.1, -0.05) is 38.0 Å². The number of unbranched alkanes of at least 4 members (excludes halogenated alkanes) is 2. The molecule has 4 aromatic rings. The summed E-state index contributed by atoms with van der Waals surface area (Å²) < 4.78 is 44.0. The zero-order valence-electron chi connectivity index (χ0n) is 17.2. The van der Waals surface area contributed by atoms with Crippen molar-refractivity contribution < 1.29 is 18.0 Å². The van der Waals surface area contributed by atoms with E-state index in [9.17, 15) is 18.0 Å². The van der Waals surface area contributed by atoms with E-state index in [0.29, 0.717) is 28.6 Å². The molecule has 0 bridgehead atoms. The van der Waals surface area contributed by atoms with Gasteiger partial charge in [0.15, 0.2) is 0 Å². The summed E-state index contributed by atoms with van der Waals surface area (Å²) in [7, 11) is 0. The van der Waals surface area contributed by atoms with E-state index >= 15 is 0 Å². The van der Waals surface area contributed by atoms with Crippen molar-refractivity contribution in [3.05, 3.63) is 82.7 Å². The van der Waals surface area contributed by atoms with E-state index in [2.05, 4.69) is 6.92 Å². The van der Waals surface area contributed by atoms with Gasteiger partial charge in [0.05, 0.1) is 12.1 Å². The highest BCUT2D eigenvalue weighted by Gasteiger charge is 2.19. The van der Waals surface area contributed by atoms with Crippen molar-refractivity contribution in [1.82, 2.24) is 4.57 Å². The maximum absolute atomic E-state index is 14.4. The predicted octanol–water partition coefficient (Wildman–Crippen LogP) is 6.09. The highest BCUT2D eigenvalue weighted by Crippen LogP contribution is 2.34. The molecule has 1 amide bonds. The number of benzene rings is 3. The van der Waals surface area contributed by atoms with Crippen LogP contribution < -0.4 is 5.73 Å². The Labute approximate surface area is 178 Å². The van der Waals surface area contributed by atoms with Gasteiger partial charge in [-0.2, -0.15) is 0 Å². The number of primary amides is 1. The molecule has 2 N–H and O–H groups in total. The van der Waals surface area contributed by atoms with E-state index in [1.165, 1.54) is 0 Å². The Kier molecular flexibility index (Phi) is 5.72. The van der Waals surface area contributed by atoms with Crippen molar-refractivity contribution in [3.8, 4) is 0 Å². The van der Waals surface area contributed by atoms with Crippen molar-refractivity contribution in [2.45, 2.75) is 39.2 Å². The molecule has 4 rings (SSSR count). The molecule has 1 aromatic heterocycles. The fourth-order valence-corrected chi connectivity index (χ4v) is 4.18. The van der Waals surface area contributed by atoms with Crippen molar-refractivity contribution >= 4 is 27.7 Å². The number of fused-ring (bicyclic) bond motifs is 3. The monoisotopic (exact) mass is 424 g/mol. The number of rotatable bonds is 7. The zero-order valence-corrected chi connectivity index (χ0v) is 17.2. The molecule has 1 heterocycles. The summed E-state index contributed by atoms with van der Waals surface area (Å²) in [6.45, 7) is 2.00. The topological polar surface area (TPSA) is 48.0 Å². The van der Waals surface area contributed by atoms with Crippen molar-refractivity contribution in [2.24, 2.45) is 5.73 Å². The van der Waals surface area contributed by atoms with Gasteiger partial charge in [-0.25, -0.2) is 13.2 Å². The summed E-state index contributed by atoms with van der Waals surface area (Å²) in [6.07, 6.45) is 4.13. The largest absolute Gasteiger partial charge is 0.366 e. The third-order valence-electron chi connectivity index (χ3n) is 5.71. The maximum atomic E-state index is 14.4. The first-order valence-electron chi connectivity index (χ1n) is 10.4. The molecule has 31 heavy (non-hydrogen) atoms. The Balaban J connectivity index is 1.95. The van der Waals surface area contributed by atoms with E-state index in [1.807, 2.05) is 18.2 Å². The summed E-state index contributed by atoms with van der Waals surface area (Å²) in [5, 5.41) is 1.43. The van der Waals surface area contributed by atoms with Crippen LogP contribution in [0.15, 0.2) is 48.5 Å². The standard InChI is InChI=1S/C25H23F3N2O/c1-2-3-4-6-15-9-10-17-23(11-15)30(14-19-20(27)12-16(26)13-21(19)28)22-8-5-7-18(24(17)22)25(29)31/h5,7-13H,2-4,6,14H2,1H3,(H2,29,31). The number of carbonyl (C=O) groups is 1. The second kappa shape index (κ2) is 8.46. The van der Waals surface area contributed by atoms with Gasteiger partial charge in [0.2, 0.25) is 5.91 Å². The van der Waals surface area contributed by atoms with Gasteiger partial charge >= 0.3 is 0 Å². The average molecular weight is 424 g/mol. The first-order valence-corrected chi connectivity index (χ1v) is 10.4. The fourth-order valence-electron chi connectivity index (χ4n) is 4.18. The molecule has 0 aliphatic heterocycles. The number of aromatic nitrogens is 1. The molecule has 6 heteroatoms. The van der Waals surface area contributed by atoms with Gasteiger partial charge < -0.3 is 10.3 Å². The second-order valence-corrected chi connectivity index (χ2v) is 7.81. The fraction of sp³-hybridized carbons (Fsp3) is 0.240. The lowest BCUT2D eigenvalue weighted by atomic mass is 10.0. The Hall–Kier alpha value is -3.28. The molecule has 0 saturated carbocycles. The van der Waals surface area contributed by atoms with Gasteiger partial charge in [-0.3, -0.25) is 4.79 Å². The maximum Gasteiger partial charge on any atom is 0.249 e. The number of aryl methyl sites for hydroxylation is 1. The van der Waals surface area contributed by atoms with Crippen LogP contribution in [0.2, 0.25) is 0 Å². The lowest BCUT2D eigenvalue weighted by Gasteiger charge is -2.11. The van der Waals surface area contributed by atoms with Gasteiger partial charge in [0, 0.05) is 39.5 Å². The second-order valence-electron chi connectivity index (χ2n) is 7.81. The molecule has 0 aliphatic carbocycles. The minimum Gasteiger partial charge on any atom is -0.366 e. The molecule has 0 fully saturated rings. The highest BCUT2D eigenvalue weighted by molar-refractivity contribution is 6.18. The number of hydrogen-bond donors (Lipinski definition) is 1. The first-order chi connectivity index (χ1) is 14.9. The number of nitrogens with two attached hydrogens (primary N) is 1. The van der Waals surface area contributed by atoms with Gasteiger partial charge in [0.25, 0.3) is 0 Å². The van der Waals surface area contributed by atoms with Crippen LogP contribution in [-0.4, -0.2) is 10.5 Å². The van der Waals surface area contributed by atoms with Gasteiger partial charge in [0.1, 0.15) is 17.5 Å². The van der Waals surface area contributed by atoms with Crippen LogP contribution in [0.25, 0.3) is 21.8 Å². The molecule has 3 aromatic carbocycles. The van der Waals surface area contributed by atoms with Crippen LogP contribution in [0.4, 0.5) is 13.2 Å². The zero-order chi connectivity index (χ0) is 22.1. The quantitative estimate of drug-likeness (QED) is 0.359. The lowest BCUT2D eigenvalue weighted by molar-refractivity contribution is 0.100. The summed E-state index contributed by atoms with van der Waals surface area (Å²) in [5.41, 5.74) is 8.20. The van der Waals surface area contributed by atoms with Crippen molar-refractivity contribution in [2.75, 3.05) is 0 Å². The average Bonchev–Trinajstić information content (AvgIpc) is 3.03. The third-order valence-corrected chi connectivity index (χ3v) is 5.71. The molecule has 0 spiro atoms. The molecular weight excluding hydrogens is 401 g/mol. The molecule has 0 atom stereocenters. The summed E-state index contributed by atoms with van der Waals surface area (Å²) >= 11 is 0. The Morgan fingerprint density at radius 2 is 1.71 bits per heavy atom. The summed E-state index contributed by atoms with van der Waals surface area (Å²) in [5.74, 6) is -3.43. The van der Waals surface area contributed by atoms with Gasteiger partial charge in [-0.15, -0.1) is 0 Å². The molecule has 0 unspecified atom stereocenters. The van der Waals surface area contributed by atoms with Crippen LogP contribution in [0, 0.1) is 17.5 Å². The van der Waals surface area contributed by atoms with E-state index in [4.69, 9.17) is 5.73 Å². The Morgan fingerprint density at radius 1 is 0.968 bits per heavy atom. The third kappa shape index (κ3) is 3.90. The van der Waals surface area contributed by atoms with Crippen LogP contribution in [-0.2, 0) is 13.0 Å². The van der Waals surface area contributed by atoms with Crippen molar-refractivity contribution in [1.29, 1.82) is 0 Å². The number of halogens is 3. The Morgan fingerprint density at radius 3 is 2.39 bits per heavy atom. The smallest absolute Gasteiger partial charge is 0.249 e. The van der Waals surface area contributed by atoms with E-state index in [0.717, 1.165) is 42.1 Å². The highest BCUT2D eigenvalue weighted by atomic mass is 19.1. The summed E-state index contributed by atoms with van der Waals surface area (Å²) in [6, 6.07) is 12.4. The molecule has 0 aliphatic rings. The van der Waals surface area contributed by atoms with Crippen LogP contribution in [0.5, 0.6) is 0 Å². The summed E-state index contributed by atoms with van der Waals surface area (Å²) in [4.78, 5) is 12.1.